The van der Waals surface area contributed by atoms with Gasteiger partial charge in [-0.15, -0.1) is 0 Å². The Morgan fingerprint density at radius 2 is 1.39 bits per heavy atom. The Labute approximate surface area is 237 Å². The molecule has 8 atom stereocenters. The maximum absolute atomic E-state index is 10.8. The molecule has 2 aromatic rings. The van der Waals surface area contributed by atoms with Crippen molar-refractivity contribution in [1.82, 2.24) is 0 Å². The second-order valence-electron chi connectivity index (χ2n) is 10.1. The normalized spacial score (nSPS) is 29.5. The SMILES string of the molecule is COc1cc([C@@H]2c3cc(OC)c(O)c(OC)c3C[C@H](CO)[C@H]2CO[C@@H]2O[C@H](CO)[C@@H](O)[C@H](O)[C@H]2O)cc(OC)c1O. The summed E-state index contributed by atoms with van der Waals surface area (Å²) in [5.41, 5.74) is 1.91. The standard InChI is InChI=1S/C28H38O13/c1-36-17-6-12(7-18(37-2)22(17)31)21-14-8-19(38-3)24(33)27(39-4)15(14)5-13(9-29)16(21)11-40-28-26(35)25(34)23(32)20(10-30)41-28/h6-8,13,16,20-21,23,25-26,28-35H,5,9-11H2,1-4H3/t13-,16-,20-,21-,23-,25+,26-,28-/m1/s1. The van der Waals surface area contributed by atoms with Crippen molar-refractivity contribution in [2.45, 2.75) is 43.0 Å². The molecular formula is C28H38O13. The van der Waals surface area contributed by atoms with Crippen LogP contribution < -0.4 is 18.9 Å². The Morgan fingerprint density at radius 3 is 1.93 bits per heavy atom. The highest BCUT2D eigenvalue weighted by molar-refractivity contribution is 5.63. The average molecular weight is 583 g/mol. The van der Waals surface area contributed by atoms with Crippen LogP contribution in [0.25, 0.3) is 0 Å². The van der Waals surface area contributed by atoms with Gasteiger partial charge in [0.15, 0.2) is 29.3 Å². The van der Waals surface area contributed by atoms with Crippen molar-refractivity contribution >= 4 is 0 Å². The lowest BCUT2D eigenvalue weighted by Gasteiger charge is -2.43. The molecular weight excluding hydrogens is 544 g/mol. The van der Waals surface area contributed by atoms with Gasteiger partial charge < -0.3 is 64.2 Å². The van der Waals surface area contributed by atoms with Gasteiger partial charge in [0.2, 0.25) is 11.5 Å². The van der Waals surface area contributed by atoms with Gasteiger partial charge in [0.1, 0.15) is 24.4 Å². The third-order valence-corrected chi connectivity index (χ3v) is 8.01. The van der Waals surface area contributed by atoms with Gasteiger partial charge in [0, 0.05) is 18.1 Å². The highest BCUT2D eigenvalue weighted by Crippen LogP contribution is 2.53. The van der Waals surface area contributed by atoms with Gasteiger partial charge in [-0.05, 0) is 47.6 Å². The summed E-state index contributed by atoms with van der Waals surface area (Å²) >= 11 is 0. The van der Waals surface area contributed by atoms with Crippen molar-refractivity contribution in [2.24, 2.45) is 11.8 Å². The summed E-state index contributed by atoms with van der Waals surface area (Å²) in [6.07, 6.45) is -7.04. The molecule has 1 saturated heterocycles. The molecule has 228 valence electrons. The lowest BCUT2D eigenvalue weighted by atomic mass is 9.66. The first-order valence-corrected chi connectivity index (χ1v) is 13.1. The fraction of sp³-hybridized carbons (Fsp3) is 0.571. The van der Waals surface area contributed by atoms with E-state index >= 15 is 0 Å². The van der Waals surface area contributed by atoms with Crippen molar-refractivity contribution < 1.29 is 64.2 Å². The molecule has 2 aromatic carbocycles. The minimum Gasteiger partial charge on any atom is -0.502 e. The molecule has 13 heteroatoms. The van der Waals surface area contributed by atoms with Gasteiger partial charge in [-0.1, -0.05) is 0 Å². The molecule has 1 aliphatic carbocycles. The zero-order chi connectivity index (χ0) is 30.0. The highest BCUT2D eigenvalue weighted by atomic mass is 16.7. The van der Waals surface area contributed by atoms with Crippen LogP contribution in [-0.2, 0) is 15.9 Å². The molecule has 0 amide bonds. The van der Waals surface area contributed by atoms with E-state index in [2.05, 4.69) is 0 Å². The number of hydrogen-bond acceptors (Lipinski definition) is 13. The predicted molar refractivity (Wildman–Crippen MR) is 142 cm³/mol. The number of aliphatic hydroxyl groups is 5. The monoisotopic (exact) mass is 582 g/mol. The zero-order valence-electron chi connectivity index (χ0n) is 23.3. The van der Waals surface area contributed by atoms with Crippen LogP contribution in [0.5, 0.6) is 34.5 Å². The van der Waals surface area contributed by atoms with E-state index in [4.69, 9.17) is 28.4 Å². The first-order valence-electron chi connectivity index (χ1n) is 13.1. The van der Waals surface area contributed by atoms with E-state index in [1.165, 1.54) is 28.4 Å². The van der Waals surface area contributed by atoms with Gasteiger partial charge >= 0.3 is 0 Å². The summed E-state index contributed by atoms with van der Waals surface area (Å²) in [4.78, 5) is 0. The van der Waals surface area contributed by atoms with Crippen molar-refractivity contribution in [1.29, 1.82) is 0 Å². The number of fused-ring (bicyclic) bond motifs is 1. The van der Waals surface area contributed by atoms with Gasteiger partial charge in [0.25, 0.3) is 0 Å². The van der Waals surface area contributed by atoms with E-state index in [0.29, 0.717) is 16.7 Å². The summed E-state index contributed by atoms with van der Waals surface area (Å²) in [5, 5.41) is 72.4. The third-order valence-electron chi connectivity index (χ3n) is 8.01. The number of ether oxygens (including phenoxy) is 6. The van der Waals surface area contributed by atoms with Gasteiger partial charge in [-0.3, -0.25) is 0 Å². The fourth-order valence-electron chi connectivity index (χ4n) is 5.83. The Bertz CT molecular complexity index is 1180. The van der Waals surface area contributed by atoms with Crippen LogP contribution in [0.4, 0.5) is 0 Å². The minimum absolute atomic E-state index is 0.116. The molecule has 13 nitrogen and oxygen atoms in total. The Morgan fingerprint density at radius 1 is 0.780 bits per heavy atom. The van der Waals surface area contributed by atoms with Crippen LogP contribution in [0, 0.1) is 11.8 Å². The maximum Gasteiger partial charge on any atom is 0.201 e. The predicted octanol–water partition coefficient (Wildman–Crippen LogP) is -0.139. The molecule has 0 spiro atoms. The van der Waals surface area contributed by atoms with Crippen LogP contribution in [0.3, 0.4) is 0 Å². The van der Waals surface area contributed by atoms with E-state index in [9.17, 15) is 35.7 Å². The number of phenolic OH excluding ortho intramolecular Hbond substituents is 2. The average Bonchev–Trinajstić information content (AvgIpc) is 2.98. The van der Waals surface area contributed by atoms with Crippen LogP contribution in [-0.4, -0.2) is 115 Å². The number of methoxy groups -OCH3 is 4. The summed E-state index contributed by atoms with van der Waals surface area (Å²) in [6, 6.07) is 4.91. The van der Waals surface area contributed by atoms with Gasteiger partial charge in [0.05, 0.1) is 41.7 Å². The zero-order valence-corrected chi connectivity index (χ0v) is 23.3. The molecule has 0 radical (unpaired) electrons. The number of aromatic hydroxyl groups is 2. The minimum atomic E-state index is -1.62. The first kappa shape index (κ1) is 30.9. The van der Waals surface area contributed by atoms with Crippen LogP contribution in [0.15, 0.2) is 18.2 Å². The Hall–Kier alpha value is -3.04. The summed E-state index contributed by atoms with van der Waals surface area (Å²) in [7, 11) is 5.61. The summed E-state index contributed by atoms with van der Waals surface area (Å²) in [5.74, 6) is -1.36. The van der Waals surface area contributed by atoms with Crippen LogP contribution in [0.1, 0.15) is 22.6 Å². The lowest BCUT2D eigenvalue weighted by molar-refractivity contribution is -0.304. The number of hydrogen-bond donors (Lipinski definition) is 7. The molecule has 1 heterocycles. The molecule has 7 N–H and O–H groups in total. The van der Waals surface area contributed by atoms with E-state index in [1.807, 2.05) is 0 Å². The number of rotatable bonds is 10. The van der Waals surface area contributed by atoms with Gasteiger partial charge in [-0.2, -0.15) is 0 Å². The number of benzene rings is 2. The fourth-order valence-corrected chi connectivity index (χ4v) is 5.83. The van der Waals surface area contributed by atoms with Gasteiger partial charge in [-0.25, -0.2) is 0 Å². The van der Waals surface area contributed by atoms with E-state index in [0.717, 1.165) is 0 Å². The quantitative estimate of drug-likeness (QED) is 0.196. The largest absolute Gasteiger partial charge is 0.502 e. The first-order chi connectivity index (χ1) is 19.6. The van der Waals surface area contributed by atoms with Crippen molar-refractivity contribution in [3.8, 4) is 34.5 Å². The second kappa shape index (κ2) is 12.9. The summed E-state index contributed by atoms with van der Waals surface area (Å²) in [6.45, 7) is -1.02. The molecule has 0 saturated carbocycles. The number of aliphatic hydroxyl groups excluding tert-OH is 5. The van der Waals surface area contributed by atoms with E-state index in [-0.39, 0.29) is 54.1 Å². The molecule has 0 aromatic heterocycles. The van der Waals surface area contributed by atoms with Crippen LogP contribution in [0.2, 0.25) is 0 Å². The van der Waals surface area contributed by atoms with E-state index in [1.54, 1.807) is 18.2 Å². The summed E-state index contributed by atoms with van der Waals surface area (Å²) < 4.78 is 33.3. The van der Waals surface area contributed by atoms with Crippen LogP contribution >= 0.6 is 0 Å². The van der Waals surface area contributed by atoms with Crippen molar-refractivity contribution in [2.75, 3.05) is 48.3 Å². The Kier molecular flexibility index (Phi) is 9.70. The van der Waals surface area contributed by atoms with Crippen molar-refractivity contribution in [3.63, 3.8) is 0 Å². The maximum atomic E-state index is 10.8. The highest BCUT2D eigenvalue weighted by Gasteiger charge is 2.46. The molecule has 1 fully saturated rings. The molecule has 0 unspecified atom stereocenters. The molecule has 0 bridgehead atoms. The molecule has 2 aliphatic rings. The van der Waals surface area contributed by atoms with Crippen molar-refractivity contribution in [3.05, 3.63) is 34.9 Å². The smallest absolute Gasteiger partial charge is 0.201 e. The molecule has 4 rings (SSSR count). The number of phenols is 2. The van der Waals surface area contributed by atoms with E-state index < -0.39 is 55.1 Å². The molecule has 1 aliphatic heterocycles. The topological polar surface area (TPSA) is 197 Å². The molecule has 41 heavy (non-hydrogen) atoms. The second-order valence-corrected chi connectivity index (χ2v) is 10.1. The Balaban J connectivity index is 1.84. The third kappa shape index (κ3) is 5.58. The lowest BCUT2D eigenvalue weighted by Crippen LogP contribution is -2.59.